The topological polar surface area (TPSA) is 120 Å². The van der Waals surface area contributed by atoms with E-state index in [1.54, 1.807) is 43.0 Å². The summed E-state index contributed by atoms with van der Waals surface area (Å²) in [5.74, 6) is -13.4. The number of anilines is 5. The maximum Gasteiger partial charge on any atom is 0.325 e. The van der Waals surface area contributed by atoms with E-state index in [4.69, 9.17) is 11.6 Å². The van der Waals surface area contributed by atoms with Gasteiger partial charge in [0.15, 0.2) is 16.9 Å². The second-order valence-electron chi connectivity index (χ2n) is 11.1. The monoisotopic (exact) mass is 710 g/mol. The number of benzene rings is 3. The summed E-state index contributed by atoms with van der Waals surface area (Å²) in [6, 6.07) is 14.4. The largest absolute Gasteiger partial charge is 0.419 e. The Morgan fingerprint density at radius 3 is 2.17 bits per heavy atom. The first-order chi connectivity index (χ1) is 22.8. The molecule has 1 fully saturated rings. The Morgan fingerprint density at radius 2 is 1.54 bits per heavy atom. The van der Waals surface area contributed by atoms with Gasteiger partial charge in [0.2, 0.25) is 40.8 Å². The normalized spacial score (nSPS) is 14.5. The van der Waals surface area contributed by atoms with E-state index in [1.165, 1.54) is 6.20 Å². The van der Waals surface area contributed by atoms with Crippen LogP contribution < -0.4 is 20.3 Å². The van der Waals surface area contributed by atoms with Crippen molar-refractivity contribution >= 4 is 57.5 Å². The number of piperazine rings is 1. The number of hydrogen-bond donors (Lipinski definition) is 3. The molecular formula is C31H28ClF5N6O4S. The van der Waals surface area contributed by atoms with Crippen LogP contribution in [0, 0.1) is 29.1 Å². The quantitative estimate of drug-likeness (QED) is 0.0421. The summed E-state index contributed by atoms with van der Waals surface area (Å²) in [7, 11) is 0. The van der Waals surface area contributed by atoms with Gasteiger partial charge in [0.05, 0.1) is 17.5 Å². The van der Waals surface area contributed by atoms with Crippen LogP contribution in [0.15, 0.2) is 54.7 Å². The molecule has 1 unspecified atom stereocenters. The summed E-state index contributed by atoms with van der Waals surface area (Å²) in [6.45, 7) is 4.54. The van der Waals surface area contributed by atoms with Gasteiger partial charge in [-0.05, 0) is 49.7 Å². The van der Waals surface area contributed by atoms with Gasteiger partial charge < -0.3 is 24.8 Å². The minimum absolute atomic E-state index is 0.235. The second-order valence-corrected chi connectivity index (χ2v) is 13.1. The van der Waals surface area contributed by atoms with Crippen LogP contribution in [0.1, 0.15) is 19.4 Å². The van der Waals surface area contributed by atoms with Crippen molar-refractivity contribution in [1.29, 1.82) is 0 Å². The third-order valence-corrected chi connectivity index (χ3v) is 8.98. The highest BCUT2D eigenvalue weighted by Crippen LogP contribution is 2.35. The lowest BCUT2D eigenvalue weighted by atomic mass is 10.00. The lowest BCUT2D eigenvalue weighted by molar-refractivity contribution is -0.136. The SMILES string of the molecule is CC(C)(c1ccccc1Nc1nc(Nc2ccc(N3CCN(CC(=O)Oc4c(F)c(F)c(F)c(F)c4F)CC3)cc2)ncc1Cl)S(=O)O. The van der Waals surface area contributed by atoms with Crippen LogP contribution in [0.3, 0.4) is 0 Å². The number of carbonyl (C=O) groups is 1. The third kappa shape index (κ3) is 7.51. The van der Waals surface area contributed by atoms with E-state index in [0.29, 0.717) is 43.1 Å². The predicted molar refractivity (Wildman–Crippen MR) is 171 cm³/mol. The van der Waals surface area contributed by atoms with E-state index in [-0.39, 0.29) is 16.8 Å². The minimum atomic E-state index is -2.34. The first kappa shape index (κ1) is 34.9. The molecule has 2 heterocycles. The molecule has 0 saturated carbocycles. The first-order valence-corrected chi connectivity index (χ1v) is 15.8. The fourth-order valence-corrected chi connectivity index (χ4v) is 5.41. The fourth-order valence-electron chi connectivity index (χ4n) is 4.91. The number of hydrogen-bond acceptors (Lipinski definition) is 9. The predicted octanol–water partition coefficient (Wildman–Crippen LogP) is 6.50. The zero-order valence-corrected chi connectivity index (χ0v) is 26.9. The van der Waals surface area contributed by atoms with Crippen molar-refractivity contribution in [2.24, 2.45) is 0 Å². The minimum Gasteiger partial charge on any atom is -0.419 e. The number of halogens is 6. The molecule has 10 nitrogen and oxygen atoms in total. The van der Waals surface area contributed by atoms with Gasteiger partial charge in [-0.1, -0.05) is 29.8 Å². The zero-order chi connectivity index (χ0) is 34.7. The smallest absolute Gasteiger partial charge is 0.325 e. The van der Waals surface area contributed by atoms with Gasteiger partial charge >= 0.3 is 5.97 Å². The Kier molecular flexibility index (Phi) is 10.5. The van der Waals surface area contributed by atoms with Crippen LogP contribution in [-0.2, 0) is 20.6 Å². The van der Waals surface area contributed by atoms with Gasteiger partial charge in [-0.3, -0.25) is 9.69 Å². The molecule has 254 valence electrons. The summed E-state index contributed by atoms with van der Waals surface area (Å²) in [5, 5.41) is 6.48. The van der Waals surface area contributed by atoms with E-state index < -0.39 is 63.2 Å². The van der Waals surface area contributed by atoms with Crippen LogP contribution in [0.2, 0.25) is 5.02 Å². The Labute approximate surface area is 279 Å². The van der Waals surface area contributed by atoms with Crippen molar-refractivity contribution < 1.29 is 40.2 Å². The number of ether oxygens (including phenoxy) is 1. The number of rotatable bonds is 10. The van der Waals surface area contributed by atoms with Crippen LogP contribution >= 0.6 is 11.6 Å². The Bertz CT molecular complexity index is 1830. The van der Waals surface area contributed by atoms with Crippen molar-refractivity contribution in [1.82, 2.24) is 14.9 Å². The molecule has 17 heteroatoms. The van der Waals surface area contributed by atoms with Crippen LogP contribution in [0.5, 0.6) is 5.75 Å². The van der Waals surface area contributed by atoms with E-state index in [9.17, 15) is 35.5 Å². The molecule has 0 bridgehead atoms. The van der Waals surface area contributed by atoms with Gasteiger partial charge in [0, 0.05) is 43.2 Å². The molecule has 1 aliphatic heterocycles. The number of aromatic nitrogens is 2. The lowest BCUT2D eigenvalue weighted by Gasteiger charge is -2.35. The summed E-state index contributed by atoms with van der Waals surface area (Å²) >= 11 is 4.21. The van der Waals surface area contributed by atoms with Crippen LogP contribution in [-0.4, -0.2) is 62.3 Å². The molecule has 48 heavy (non-hydrogen) atoms. The number of nitrogens with zero attached hydrogens (tertiary/aromatic N) is 4. The van der Waals surface area contributed by atoms with Crippen LogP contribution in [0.4, 0.5) is 50.8 Å². The molecule has 1 atom stereocenters. The number of esters is 1. The highest BCUT2D eigenvalue weighted by molar-refractivity contribution is 7.80. The number of para-hydroxylation sites is 1. The molecule has 3 aromatic carbocycles. The number of nitrogens with one attached hydrogen (secondary N) is 2. The van der Waals surface area contributed by atoms with E-state index in [0.717, 1.165) is 5.69 Å². The standard InChI is InChI=1S/C31H28ClF5N6O4S/c1-31(2,48(45)46)19-5-3-4-6-21(19)40-29-20(32)15-38-30(41-29)39-17-7-9-18(10-8-17)43-13-11-42(12-14-43)16-22(44)47-28-26(36)24(34)23(33)25(35)27(28)37/h3-10,15H,11-14,16H2,1-2H3,(H,45,46)(H2,38,39,40,41). The summed E-state index contributed by atoms with van der Waals surface area (Å²) in [4.78, 5) is 24.6. The maximum atomic E-state index is 13.9. The molecule has 0 spiro atoms. The molecule has 1 aliphatic rings. The Balaban J connectivity index is 1.17. The molecule has 0 amide bonds. The Morgan fingerprint density at radius 1 is 0.938 bits per heavy atom. The van der Waals surface area contributed by atoms with Gasteiger partial charge in [-0.15, -0.1) is 0 Å². The first-order valence-electron chi connectivity index (χ1n) is 14.3. The van der Waals surface area contributed by atoms with E-state index in [1.807, 2.05) is 29.2 Å². The molecule has 3 N–H and O–H groups in total. The average Bonchev–Trinajstić information content (AvgIpc) is 3.07. The number of carbonyl (C=O) groups excluding carboxylic acids is 1. The van der Waals surface area contributed by atoms with Crippen molar-refractivity contribution in [3.63, 3.8) is 0 Å². The van der Waals surface area contributed by atoms with Crippen molar-refractivity contribution in [3.8, 4) is 5.75 Å². The molecule has 1 aromatic heterocycles. The highest BCUT2D eigenvalue weighted by Gasteiger charge is 2.31. The Hall–Kier alpha value is -4.38. The van der Waals surface area contributed by atoms with Gasteiger partial charge in [0.25, 0.3) is 0 Å². The summed E-state index contributed by atoms with van der Waals surface area (Å²) in [6.07, 6.45) is 1.42. The lowest BCUT2D eigenvalue weighted by Crippen LogP contribution is -2.48. The molecule has 4 aromatic rings. The van der Waals surface area contributed by atoms with Gasteiger partial charge in [-0.2, -0.15) is 13.8 Å². The molecular weight excluding hydrogens is 683 g/mol. The summed E-state index contributed by atoms with van der Waals surface area (Å²) < 4.78 is 93.0. The van der Waals surface area contributed by atoms with Crippen molar-refractivity contribution in [3.05, 3.63) is 94.4 Å². The van der Waals surface area contributed by atoms with Crippen LogP contribution in [0.25, 0.3) is 0 Å². The van der Waals surface area contributed by atoms with Gasteiger partial charge in [-0.25, -0.2) is 22.4 Å². The molecule has 1 saturated heterocycles. The fraction of sp³-hybridized carbons (Fsp3) is 0.258. The van der Waals surface area contributed by atoms with Crippen molar-refractivity contribution in [2.45, 2.75) is 18.6 Å². The molecule has 0 aliphatic carbocycles. The van der Waals surface area contributed by atoms with E-state index >= 15 is 0 Å². The zero-order valence-electron chi connectivity index (χ0n) is 25.4. The second kappa shape index (κ2) is 14.4. The highest BCUT2D eigenvalue weighted by atomic mass is 35.5. The molecule has 5 rings (SSSR count). The third-order valence-electron chi connectivity index (χ3n) is 7.61. The van der Waals surface area contributed by atoms with E-state index in [2.05, 4.69) is 25.3 Å². The maximum absolute atomic E-state index is 13.9. The summed E-state index contributed by atoms with van der Waals surface area (Å²) in [5.41, 5.74) is 2.68. The molecule has 0 radical (unpaired) electrons. The average molecular weight is 711 g/mol. The van der Waals surface area contributed by atoms with Crippen molar-refractivity contribution in [2.75, 3.05) is 48.3 Å². The van der Waals surface area contributed by atoms with Gasteiger partial charge in [0.1, 0.15) is 5.02 Å².